The molecular formula is C11H9FN4O4S. The number of anilines is 2. The Kier molecular flexibility index (Phi) is 3.72. The third-order valence-corrected chi connectivity index (χ3v) is 3.78. The highest BCUT2D eigenvalue weighted by Crippen LogP contribution is 2.22. The standard InChI is InChI=1S/C11H9FN4O4S/c12-7-3-8(5-9(4-7)16(17)18)15-21(19,20)10-1-2-11(13)14-6-10/h1-6,15H,(H2,13,14). The number of sulfonamides is 1. The molecule has 2 rings (SSSR count). The van der Waals surface area contributed by atoms with E-state index in [0.29, 0.717) is 6.07 Å². The minimum atomic E-state index is -4.05. The fourth-order valence-corrected chi connectivity index (χ4v) is 2.49. The van der Waals surface area contributed by atoms with Crippen molar-refractivity contribution in [3.63, 3.8) is 0 Å². The number of non-ortho nitro benzene ring substituents is 1. The van der Waals surface area contributed by atoms with E-state index in [-0.39, 0.29) is 16.4 Å². The van der Waals surface area contributed by atoms with Crippen LogP contribution in [-0.2, 0) is 10.0 Å². The number of nitrogens with two attached hydrogens (primary N) is 1. The molecule has 1 aromatic heterocycles. The van der Waals surface area contributed by atoms with Crippen LogP contribution in [0.15, 0.2) is 41.4 Å². The van der Waals surface area contributed by atoms with Gasteiger partial charge in [0.1, 0.15) is 16.5 Å². The molecule has 0 spiro atoms. The van der Waals surface area contributed by atoms with Crippen LogP contribution in [0, 0.1) is 15.9 Å². The number of hydrogen-bond donors (Lipinski definition) is 2. The van der Waals surface area contributed by atoms with Crippen LogP contribution in [0.5, 0.6) is 0 Å². The van der Waals surface area contributed by atoms with Gasteiger partial charge in [0, 0.05) is 12.3 Å². The Labute approximate surface area is 118 Å². The van der Waals surface area contributed by atoms with Crippen molar-refractivity contribution in [3.8, 4) is 0 Å². The quantitative estimate of drug-likeness (QED) is 0.650. The van der Waals surface area contributed by atoms with Crippen LogP contribution in [0.1, 0.15) is 0 Å². The lowest BCUT2D eigenvalue weighted by Gasteiger charge is -2.08. The van der Waals surface area contributed by atoms with Gasteiger partial charge >= 0.3 is 0 Å². The summed E-state index contributed by atoms with van der Waals surface area (Å²) in [5.74, 6) is -0.798. The van der Waals surface area contributed by atoms with E-state index in [0.717, 1.165) is 18.3 Å². The maximum Gasteiger partial charge on any atom is 0.274 e. The van der Waals surface area contributed by atoms with Crippen LogP contribution < -0.4 is 10.5 Å². The molecule has 8 nitrogen and oxygen atoms in total. The number of nitrogen functional groups attached to an aromatic ring is 1. The predicted octanol–water partition coefficient (Wildman–Crippen LogP) is 1.51. The van der Waals surface area contributed by atoms with Gasteiger partial charge in [-0.2, -0.15) is 0 Å². The largest absolute Gasteiger partial charge is 0.384 e. The van der Waals surface area contributed by atoms with E-state index in [2.05, 4.69) is 4.98 Å². The van der Waals surface area contributed by atoms with Gasteiger partial charge in [0.15, 0.2) is 0 Å². The Bertz CT molecular complexity index is 792. The molecule has 0 unspecified atom stereocenters. The molecular weight excluding hydrogens is 303 g/mol. The Morgan fingerprint density at radius 1 is 1.29 bits per heavy atom. The highest BCUT2D eigenvalue weighted by atomic mass is 32.2. The van der Waals surface area contributed by atoms with E-state index >= 15 is 0 Å². The lowest BCUT2D eigenvalue weighted by Crippen LogP contribution is -2.13. The second-order valence-electron chi connectivity index (χ2n) is 3.98. The zero-order valence-corrected chi connectivity index (χ0v) is 11.2. The Morgan fingerprint density at radius 2 is 2.00 bits per heavy atom. The lowest BCUT2D eigenvalue weighted by molar-refractivity contribution is -0.385. The number of nitro benzene ring substituents is 1. The lowest BCUT2D eigenvalue weighted by atomic mass is 10.3. The molecule has 0 atom stereocenters. The zero-order chi connectivity index (χ0) is 15.6. The molecule has 0 aliphatic carbocycles. The second-order valence-corrected chi connectivity index (χ2v) is 5.66. The maximum atomic E-state index is 13.3. The summed E-state index contributed by atoms with van der Waals surface area (Å²) in [6.45, 7) is 0. The molecule has 10 heteroatoms. The molecule has 0 aliphatic rings. The fourth-order valence-electron chi connectivity index (χ4n) is 1.50. The van der Waals surface area contributed by atoms with Crippen molar-refractivity contribution in [1.82, 2.24) is 4.98 Å². The Hall–Kier alpha value is -2.75. The molecule has 0 bridgehead atoms. The molecule has 110 valence electrons. The summed E-state index contributed by atoms with van der Waals surface area (Å²) in [5, 5.41) is 10.6. The van der Waals surface area contributed by atoms with E-state index in [9.17, 15) is 22.9 Å². The van der Waals surface area contributed by atoms with Crippen molar-refractivity contribution in [3.05, 3.63) is 52.5 Å². The first-order valence-electron chi connectivity index (χ1n) is 5.47. The number of nitrogens with zero attached hydrogens (tertiary/aromatic N) is 2. The smallest absolute Gasteiger partial charge is 0.274 e. The number of hydrogen-bond acceptors (Lipinski definition) is 6. The van der Waals surface area contributed by atoms with Gasteiger partial charge in [-0.3, -0.25) is 14.8 Å². The number of halogens is 1. The van der Waals surface area contributed by atoms with E-state index in [1.165, 1.54) is 12.1 Å². The molecule has 1 aromatic carbocycles. The summed E-state index contributed by atoms with van der Waals surface area (Å²) < 4.78 is 39.3. The van der Waals surface area contributed by atoms with Gasteiger partial charge in [-0.1, -0.05) is 0 Å². The predicted molar refractivity (Wildman–Crippen MR) is 72.5 cm³/mol. The van der Waals surface area contributed by atoms with Crippen molar-refractivity contribution < 1.29 is 17.7 Å². The van der Waals surface area contributed by atoms with Gasteiger partial charge in [0.25, 0.3) is 15.7 Å². The van der Waals surface area contributed by atoms with Crippen molar-refractivity contribution in [2.75, 3.05) is 10.5 Å². The van der Waals surface area contributed by atoms with Crippen LogP contribution in [0.3, 0.4) is 0 Å². The number of aromatic nitrogens is 1. The molecule has 0 amide bonds. The summed E-state index contributed by atoms with van der Waals surface area (Å²) in [4.78, 5) is 13.2. The van der Waals surface area contributed by atoms with Crippen molar-refractivity contribution in [2.45, 2.75) is 4.90 Å². The molecule has 0 aliphatic heterocycles. The van der Waals surface area contributed by atoms with Crippen molar-refractivity contribution >= 4 is 27.2 Å². The van der Waals surface area contributed by atoms with Crippen molar-refractivity contribution in [1.29, 1.82) is 0 Å². The first-order chi connectivity index (χ1) is 9.78. The average molecular weight is 312 g/mol. The van der Waals surface area contributed by atoms with Crippen molar-refractivity contribution in [2.24, 2.45) is 0 Å². The van der Waals surface area contributed by atoms with E-state index in [1.54, 1.807) is 0 Å². The first kappa shape index (κ1) is 14.7. The molecule has 21 heavy (non-hydrogen) atoms. The summed E-state index contributed by atoms with van der Waals surface area (Å²) >= 11 is 0. The summed E-state index contributed by atoms with van der Waals surface area (Å²) in [6, 6.07) is 4.91. The van der Waals surface area contributed by atoms with E-state index in [4.69, 9.17) is 5.73 Å². The fraction of sp³-hybridized carbons (Fsp3) is 0. The van der Waals surface area contributed by atoms with Gasteiger partial charge in [-0.05, 0) is 18.2 Å². The van der Waals surface area contributed by atoms with E-state index < -0.39 is 26.5 Å². The number of nitrogens with one attached hydrogen (secondary N) is 1. The first-order valence-corrected chi connectivity index (χ1v) is 6.95. The molecule has 2 aromatic rings. The molecule has 0 saturated heterocycles. The maximum absolute atomic E-state index is 13.3. The normalized spacial score (nSPS) is 11.1. The molecule has 3 N–H and O–H groups in total. The number of pyridine rings is 1. The summed E-state index contributed by atoms with van der Waals surface area (Å²) in [6.07, 6.45) is 1.02. The van der Waals surface area contributed by atoms with Crippen LogP contribution in [0.2, 0.25) is 0 Å². The Morgan fingerprint density at radius 3 is 2.57 bits per heavy atom. The van der Waals surface area contributed by atoms with Crippen LogP contribution in [0.4, 0.5) is 21.6 Å². The average Bonchev–Trinajstić information content (AvgIpc) is 2.37. The van der Waals surface area contributed by atoms with Crippen LogP contribution in [0.25, 0.3) is 0 Å². The second kappa shape index (κ2) is 5.32. The zero-order valence-electron chi connectivity index (χ0n) is 10.4. The summed E-state index contributed by atoms with van der Waals surface area (Å²) in [5.41, 5.74) is 4.51. The minimum absolute atomic E-state index is 0.135. The number of rotatable bonds is 4. The van der Waals surface area contributed by atoms with E-state index in [1.807, 2.05) is 4.72 Å². The number of nitro groups is 1. The SMILES string of the molecule is Nc1ccc(S(=O)(=O)Nc2cc(F)cc([N+](=O)[O-])c2)cn1. The highest BCUT2D eigenvalue weighted by Gasteiger charge is 2.17. The monoisotopic (exact) mass is 312 g/mol. The topological polar surface area (TPSA) is 128 Å². The molecule has 0 fully saturated rings. The van der Waals surface area contributed by atoms with Gasteiger partial charge in [-0.25, -0.2) is 17.8 Å². The van der Waals surface area contributed by atoms with Gasteiger partial charge in [-0.15, -0.1) is 0 Å². The third-order valence-electron chi connectivity index (χ3n) is 2.42. The summed E-state index contributed by atoms with van der Waals surface area (Å²) in [7, 11) is -4.05. The molecule has 0 radical (unpaired) electrons. The highest BCUT2D eigenvalue weighted by molar-refractivity contribution is 7.92. The third kappa shape index (κ3) is 3.42. The van der Waals surface area contributed by atoms with Gasteiger partial charge in [0.05, 0.1) is 16.7 Å². The minimum Gasteiger partial charge on any atom is -0.384 e. The Balaban J connectivity index is 2.36. The van der Waals surface area contributed by atoms with Crippen LogP contribution in [-0.4, -0.2) is 18.3 Å². The molecule has 1 heterocycles. The van der Waals surface area contributed by atoms with Gasteiger partial charge in [0.2, 0.25) is 0 Å². The molecule has 0 saturated carbocycles. The van der Waals surface area contributed by atoms with Crippen LogP contribution >= 0.6 is 0 Å². The van der Waals surface area contributed by atoms with Gasteiger partial charge < -0.3 is 5.73 Å². The number of benzene rings is 1.